The second-order valence-electron chi connectivity index (χ2n) is 8.43. The third-order valence-electron chi connectivity index (χ3n) is 4.86. The van der Waals surface area contributed by atoms with E-state index in [1.165, 1.54) is 17.0 Å². The normalized spacial score (nSPS) is 22.5. The summed E-state index contributed by atoms with van der Waals surface area (Å²) >= 11 is 6.34. The van der Waals surface area contributed by atoms with E-state index in [0.29, 0.717) is 25.1 Å². The van der Waals surface area contributed by atoms with Gasteiger partial charge in [-0.25, -0.2) is 9.18 Å². The Bertz CT molecular complexity index is 858. The number of rotatable bonds is 3. The first kappa shape index (κ1) is 22.3. The fraction of sp³-hybridized carbons (Fsp3) is 0.550. The second-order valence-corrected chi connectivity index (χ2v) is 8.84. The van der Waals surface area contributed by atoms with Gasteiger partial charge in [0.25, 0.3) is 0 Å². The van der Waals surface area contributed by atoms with Crippen LogP contribution in [0.3, 0.4) is 0 Å². The summed E-state index contributed by atoms with van der Waals surface area (Å²) < 4.78 is 20.3. The van der Waals surface area contributed by atoms with Crippen LogP contribution in [0, 0.1) is 5.82 Å². The molecule has 2 heterocycles. The van der Waals surface area contributed by atoms with Gasteiger partial charge in [-0.2, -0.15) is 0 Å². The van der Waals surface area contributed by atoms with Gasteiger partial charge in [-0.05, 0) is 39.3 Å². The number of benzene rings is 1. The van der Waals surface area contributed by atoms with E-state index in [4.69, 9.17) is 16.3 Å². The Kier molecular flexibility index (Phi) is 6.52. The van der Waals surface area contributed by atoms with E-state index in [1.807, 2.05) is 0 Å². The maximum atomic E-state index is 14.9. The quantitative estimate of drug-likeness (QED) is 0.625. The van der Waals surface area contributed by atoms with Crippen LogP contribution < -0.4 is 16.0 Å². The molecule has 0 radical (unpaired) electrons. The molecule has 0 aromatic heterocycles. The number of amides is 3. The van der Waals surface area contributed by atoms with Crippen LogP contribution in [-0.4, -0.2) is 54.1 Å². The summed E-state index contributed by atoms with van der Waals surface area (Å²) in [5.41, 5.74) is -0.0238. The smallest absolute Gasteiger partial charge is 0.410 e. The summed E-state index contributed by atoms with van der Waals surface area (Å²) in [6, 6.07) is 1.60. The SMILES string of the molecule is CC(C)(C)OC(=O)N1CCNC(c2cc(Cl)c(NC3CCC(=O)NC3=O)cc2F)C1. The van der Waals surface area contributed by atoms with E-state index in [9.17, 15) is 18.8 Å². The summed E-state index contributed by atoms with van der Waals surface area (Å²) in [4.78, 5) is 37.1. The van der Waals surface area contributed by atoms with E-state index >= 15 is 0 Å². The first-order chi connectivity index (χ1) is 14.0. The van der Waals surface area contributed by atoms with Gasteiger partial charge in [0, 0.05) is 31.6 Å². The molecule has 2 aliphatic heterocycles. The summed E-state index contributed by atoms with van der Waals surface area (Å²) in [5.74, 6) is -1.31. The molecule has 30 heavy (non-hydrogen) atoms. The summed E-state index contributed by atoms with van der Waals surface area (Å²) in [7, 11) is 0. The Balaban J connectivity index is 1.72. The van der Waals surface area contributed by atoms with Gasteiger partial charge >= 0.3 is 6.09 Å². The maximum Gasteiger partial charge on any atom is 0.410 e. The molecule has 3 rings (SSSR count). The minimum atomic E-state index is -0.666. The number of carbonyl (C=O) groups is 3. The van der Waals surface area contributed by atoms with Crippen molar-refractivity contribution >= 4 is 35.2 Å². The highest BCUT2D eigenvalue weighted by Gasteiger charge is 2.31. The zero-order chi connectivity index (χ0) is 22.1. The summed E-state index contributed by atoms with van der Waals surface area (Å²) in [5, 5.41) is 8.58. The van der Waals surface area contributed by atoms with E-state index in [1.54, 1.807) is 20.8 Å². The van der Waals surface area contributed by atoms with Gasteiger partial charge in [0.2, 0.25) is 11.8 Å². The van der Waals surface area contributed by atoms with E-state index in [2.05, 4.69) is 16.0 Å². The van der Waals surface area contributed by atoms with Crippen LogP contribution in [0.15, 0.2) is 12.1 Å². The molecule has 2 unspecified atom stereocenters. The molecule has 2 atom stereocenters. The topological polar surface area (TPSA) is 99.8 Å². The predicted octanol–water partition coefficient (Wildman–Crippen LogP) is 2.58. The highest BCUT2D eigenvalue weighted by molar-refractivity contribution is 6.33. The number of carbonyl (C=O) groups excluding carboxylic acids is 3. The summed E-state index contributed by atoms with van der Waals surface area (Å²) in [6.45, 7) is 6.55. The van der Waals surface area contributed by atoms with Crippen LogP contribution in [0.25, 0.3) is 0 Å². The zero-order valence-corrected chi connectivity index (χ0v) is 17.9. The van der Waals surface area contributed by atoms with Gasteiger partial charge in [-0.15, -0.1) is 0 Å². The molecule has 0 aliphatic carbocycles. The molecule has 3 N–H and O–H groups in total. The van der Waals surface area contributed by atoms with Gasteiger partial charge in [0.05, 0.1) is 16.8 Å². The number of nitrogens with zero attached hydrogens (tertiary/aromatic N) is 1. The molecule has 0 saturated carbocycles. The van der Waals surface area contributed by atoms with Gasteiger partial charge in [-0.1, -0.05) is 11.6 Å². The largest absolute Gasteiger partial charge is 0.444 e. The molecule has 0 bridgehead atoms. The van der Waals surface area contributed by atoms with Gasteiger partial charge in [0.15, 0.2) is 0 Å². The molecule has 164 valence electrons. The van der Waals surface area contributed by atoms with E-state index < -0.39 is 35.5 Å². The molecule has 2 saturated heterocycles. The number of ether oxygens (including phenoxy) is 1. The standard InChI is InChI=1S/C20H26ClFN4O4/c1-20(2,3)30-19(29)26-7-6-23-16(10-26)11-8-12(21)15(9-13(11)22)24-14-4-5-17(27)25-18(14)28/h8-9,14,16,23-24H,4-7,10H2,1-3H3,(H,25,27,28). The van der Waals surface area contributed by atoms with Crippen molar-refractivity contribution in [2.24, 2.45) is 0 Å². The van der Waals surface area contributed by atoms with Crippen molar-refractivity contribution in [2.75, 3.05) is 25.0 Å². The molecular weight excluding hydrogens is 415 g/mol. The monoisotopic (exact) mass is 440 g/mol. The minimum Gasteiger partial charge on any atom is -0.444 e. The number of piperazine rings is 1. The number of anilines is 1. The molecule has 2 aliphatic rings. The van der Waals surface area contributed by atoms with Crippen molar-refractivity contribution in [1.82, 2.24) is 15.5 Å². The van der Waals surface area contributed by atoms with Crippen LogP contribution >= 0.6 is 11.6 Å². The highest BCUT2D eigenvalue weighted by Crippen LogP contribution is 2.31. The lowest BCUT2D eigenvalue weighted by Gasteiger charge is -2.35. The number of piperidine rings is 1. The lowest BCUT2D eigenvalue weighted by Crippen LogP contribution is -2.50. The average molecular weight is 441 g/mol. The predicted molar refractivity (Wildman–Crippen MR) is 110 cm³/mol. The van der Waals surface area contributed by atoms with Crippen molar-refractivity contribution in [3.05, 3.63) is 28.5 Å². The van der Waals surface area contributed by atoms with Crippen molar-refractivity contribution in [3.63, 3.8) is 0 Å². The molecular formula is C20H26ClFN4O4. The van der Waals surface area contributed by atoms with E-state index in [0.717, 1.165) is 0 Å². The Morgan fingerprint density at radius 1 is 1.33 bits per heavy atom. The van der Waals surface area contributed by atoms with Crippen LogP contribution in [-0.2, 0) is 14.3 Å². The first-order valence-electron chi connectivity index (χ1n) is 9.84. The van der Waals surface area contributed by atoms with Crippen LogP contribution in [0.2, 0.25) is 5.02 Å². The van der Waals surface area contributed by atoms with Crippen molar-refractivity contribution in [2.45, 2.75) is 51.3 Å². The maximum absolute atomic E-state index is 14.9. The van der Waals surface area contributed by atoms with Crippen molar-refractivity contribution in [3.8, 4) is 0 Å². The Hall–Kier alpha value is -2.39. The third kappa shape index (κ3) is 5.40. The van der Waals surface area contributed by atoms with Crippen molar-refractivity contribution < 1.29 is 23.5 Å². The van der Waals surface area contributed by atoms with Gasteiger partial charge < -0.3 is 20.3 Å². The lowest BCUT2D eigenvalue weighted by atomic mass is 10.0. The zero-order valence-electron chi connectivity index (χ0n) is 17.2. The number of halogens is 2. The highest BCUT2D eigenvalue weighted by atomic mass is 35.5. The van der Waals surface area contributed by atoms with Gasteiger partial charge in [0.1, 0.15) is 17.5 Å². The van der Waals surface area contributed by atoms with Gasteiger partial charge in [-0.3, -0.25) is 14.9 Å². The molecule has 3 amide bonds. The first-order valence-corrected chi connectivity index (χ1v) is 10.2. The molecule has 2 fully saturated rings. The lowest BCUT2D eigenvalue weighted by molar-refractivity contribution is -0.133. The van der Waals surface area contributed by atoms with Crippen molar-refractivity contribution in [1.29, 1.82) is 0 Å². The van der Waals surface area contributed by atoms with Crippen LogP contribution in [0.1, 0.15) is 45.2 Å². The summed E-state index contributed by atoms with van der Waals surface area (Å²) in [6.07, 6.45) is 0.0599. The Morgan fingerprint density at radius 3 is 2.73 bits per heavy atom. The third-order valence-corrected chi connectivity index (χ3v) is 5.17. The molecule has 8 nitrogen and oxygen atoms in total. The number of nitrogens with one attached hydrogen (secondary N) is 3. The number of hydrogen-bond acceptors (Lipinski definition) is 6. The fourth-order valence-electron chi connectivity index (χ4n) is 3.41. The van der Waals surface area contributed by atoms with Crippen LogP contribution in [0.4, 0.5) is 14.9 Å². The second kappa shape index (κ2) is 8.77. The molecule has 1 aromatic rings. The fourth-order valence-corrected chi connectivity index (χ4v) is 3.64. The Morgan fingerprint density at radius 2 is 2.07 bits per heavy atom. The van der Waals surface area contributed by atoms with E-state index in [-0.39, 0.29) is 29.6 Å². The molecule has 0 spiro atoms. The average Bonchev–Trinajstić information content (AvgIpc) is 2.65. The number of imide groups is 1. The minimum absolute atomic E-state index is 0.202. The number of hydrogen-bond donors (Lipinski definition) is 3. The molecule has 10 heteroatoms. The van der Waals surface area contributed by atoms with Crippen LogP contribution in [0.5, 0.6) is 0 Å². The molecule has 1 aromatic carbocycles. The Labute approximate surface area is 179 Å².